The van der Waals surface area contributed by atoms with Gasteiger partial charge in [-0.15, -0.1) is 0 Å². The number of rotatable bonds is 6. The first-order valence-corrected chi connectivity index (χ1v) is 11.6. The minimum Gasteiger partial charge on any atom is -0.483 e. The molecule has 0 bridgehead atoms. The Kier molecular flexibility index (Phi) is 7.18. The zero-order valence-corrected chi connectivity index (χ0v) is 20.9. The molecule has 0 saturated carbocycles. The summed E-state index contributed by atoms with van der Waals surface area (Å²) < 4.78 is 21.4. The number of carbonyl (C=O) groups is 1. The van der Waals surface area contributed by atoms with E-state index in [1.807, 2.05) is 6.07 Å². The van der Waals surface area contributed by atoms with Crippen LogP contribution < -0.4 is 15.6 Å². The number of fused-ring (bicyclic) bond motifs is 1. The molecule has 0 fully saturated rings. The Labute approximate surface area is 210 Å². The highest BCUT2D eigenvalue weighted by Gasteiger charge is 2.10. The fourth-order valence-electron chi connectivity index (χ4n) is 3.14. The van der Waals surface area contributed by atoms with E-state index in [1.165, 1.54) is 35.2 Å². The zero-order chi connectivity index (χ0) is 24.2. The van der Waals surface area contributed by atoms with Crippen molar-refractivity contribution in [1.82, 2.24) is 9.66 Å². The molecule has 1 N–H and O–H groups in total. The molecule has 4 aromatic rings. The maximum atomic E-state index is 13.0. The molecule has 1 aromatic heterocycles. The topological polar surface area (TPSA) is 85.6 Å². The Morgan fingerprint density at radius 1 is 1.12 bits per heavy atom. The number of hydrogen-bond acceptors (Lipinski definition) is 5. The molecule has 0 saturated heterocycles. The van der Waals surface area contributed by atoms with Gasteiger partial charge in [-0.2, -0.15) is 9.78 Å². The Morgan fingerprint density at radius 3 is 2.59 bits per heavy atom. The lowest BCUT2D eigenvalue weighted by molar-refractivity contribution is -0.118. The number of carbonyl (C=O) groups excluding carboxylic acids is 1. The number of amides is 1. The van der Waals surface area contributed by atoms with Crippen molar-refractivity contribution < 1.29 is 13.9 Å². The van der Waals surface area contributed by atoms with E-state index in [1.54, 1.807) is 37.3 Å². The molecule has 10 heteroatoms. The van der Waals surface area contributed by atoms with Crippen molar-refractivity contribution in [3.63, 3.8) is 0 Å². The molecule has 0 aliphatic heterocycles. The van der Waals surface area contributed by atoms with Gasteiger partial charge < -0.3 is 10.1 Å². The van der Waals surface area contributed by atoms with Gasteiger partial charge >= 0.3 is 0 Å². The molecule has 0 aliphatic carbocycles. The summed E-state index contributed by atoms with van der Waals surface area (Å²) in [5.74, 6) is 0.0148. The van der Waals surface area contributed by atoms with Crippen LogP contribution in [0.15, 0.2) is 79.5 Å². The van der Waals surface area contributed by atoms with Crippen molar-refractivity contribution in [3.05, 3.63) is 97.2 Å². The van der Waals surface area contributed by atoms with Gasteiger partial charge in [0.2, 0.25) is 0 Å². The molecule has 3 aromatic carbocycles. The fraction of sp³-hybridized carbons (Fsp3) is 0.0833. The lowest BCUT2D eigenvalue weighted by Crippen LogP contribution is -2.21. The van der Waals surface area contributed by atoms with E-state index in [0.717, 1.165) is 8.95 Å². The zero-order valence-electron chi connectivity index (χ0n) is 17.8. The van der Waals surface area contributed by atoms with Crippen molar-refractivity contribution in [2.24, 2.45) is 5.10 Å². The number of halogens is 3. The highest BCUT2D eigenvalue weighted by Crippen LogP contribution is 2.22. The molecule has 1 heterocycles. The second-order valence-electron chi connectivity index (χ2n) is 7.21. The molecule has 172 valence electrons. The lowest BCUT2D eigenvalue weighted by atomic mass is 10.2. The first-order valence-electron chi connectivity index (χ1n) is 10.0. The van der Waals surface area contributed by atoms with Gasteiger partial charge in [0, 0.05) is 20.2 Å². The van der Waals surface area contributed by atoms with Crippen molar-refractivity contribution >= 4 is 60.6 Å². The summed E-state index contributed by atoms with van der Waals surface area (Å²) in [6.45, 7) is 1.42. The molecule has 4 rings (SSSR count). The highest BCUT2D eigenvalue weighted by atomic mass is 79.9. The summed E-state index contributed by atoms with van der Waals surface area (Å²) in [5, 5.41) is 7.39. The summed E-state index contributed by atoms with van der Waals surface area (Å²) in [4.78, 5) is 29.6. The number of ether oxygens (including phenoxy) is 1. The lowest BCUT2D eigenvalue weighted by Gasteiger charge is -2.11. The summed E-state index contributed by atoms with van der Waals surface area (Å²) in [6, 6.07) is 15.9. The van der Waals surface area contributed by atoms with Gasteiger partial charge in [0.1, 0.15) is 17.4 Å². The summed E-state index contributed by atoms with van der Waals surface area (Å²) in [5.41, 5.74) is 1.27. The van der Waals surface area contributed by atoms with Gasteiger partial charge in [0.05, 0.1) is 17.1 Å². The second-order valence-corrected chi connectivity index (χ2v) is 9.04. The number of benzene rings is 3. The van der Waals surface area contributed by atoms with Crippen LogP contribution in [0.5, 0.6) is 5.75 Å². The molecule has 0 radical (unpaired) electrons. The number of anilines is 1. The van der Waals surface area contributed by atoms with Crippen LogP contribution in [-0.4, -0.2) is 28.4 Å². The van der Waals surface area contributed by atoms with Crippen LogP contribution >= 0.6 is 31.9 Å². The molecule has 0 spiro atoms. The van der Waals surface area contributed by atoms with Gasteiger partial charge in [0.15, 0.2) is 6.61 Å². The van der Waals surface area contributed by atoms with Gasteiger partial charge in [-0.1, -0.05) is 31.9 Å². The number of aryl methyl sites for hydroxylation is 1. The molecular weight excluding hydrogens is 571 g/mol. The number of hydrogen-bond donors (Lipinski definition) is 1. The van der Waals surface area contributed by atoms with Gasteiger partial charge in [-0.3, -0.25) is 9.59 Å². The van der Waals surface area contributed by atoms with Crippen LogP contribution in [0.1, 0.15) is 11.4 Å². The van der Waals surface area contributed by atoms with E-state index in [4.69, 9.17) is 4.74 Å². The van der Waals surface area contributed by atoms with Gasteiger partial charge in [-0.05, 0) is 67.6 Å². The number of nitrogens with one attached hydrogen (secondary N) is 1. The van der Waals surface area contributed by atoms with Crippen molar-refractivity contribution in [1.29, 1.82) is 0 Å². The SMILES string of the molecule is Cc1nc2ccc(Br)cc2c(=O)n1N=Cc1cc(Br)ccc1OCC(=O)Nc1ccc(F)cc1. The van der Waals surface area contributed by atoms with E-state index in [9.17, 15) is 14.0 Å². The highest BCUT2D eigenvalue weighted by molar-refractivity contribution is 9.10. The number of aromatic nitrogens is 2. The molecular formula is C24H17Br2FN4O3. The minimum absolute atomic E-state index is 0.273. The van der Waals surface area contributed by atoms with Gasteiger partial charge in [-0.25, -0.2) is 9.37 Å². The minimum atomic E-state index is -0.409. The molecule has 0 aliphatic rings. The van der Waals surface area contributed by atoms with Crippen LogP contribution in [0.4, 0.5) is 10.1 Å². The van der Waals surface area contributed by atoms with Crippen molar-refractivity contribution in [3.8, 4) is 5.75 Å². The predicted molar refractivity (Wildman–Crippen MR) is 136 cm³/mol. The maximum Gasteiger partial charge on any atom is 0.282 e. The van der Waals surface area contributed by atoms with Gasteiger partial charge in [0.25, 0.3) is 11.5 Å². The third-order valence-electron chi connectivity index (χ3n) is 4.74. The first-order chi connectivity index (χ1) is 16.3. The maximum absolute atomic E-state index is 13.0. The quantitative estimate of drug-likeness (QED) is 0.312. The van der Waals surface area contributed by atoms with E-state index in [2.05, 4.69) is 47.3 Å². The van der Waals surface area contributed by atoms with E-state index in [-0.39, 0.29) is 12.2 Å². The molecule has 1 amide bonds. The van der Waals surface area contributed by atoms with Crippen LogP contribution in [0.25, 0.3) is 10.9 Å². The van der Waals surface area contributed by atoms with E-state index in [0.29, 0.717) is 33.7 Å². The third-order valence-corrected chi connectivity index (χ3v) is 5.73. The Morgan fingerprint density at radius 2 is 1.82 bits per heavy atom. The van der Waals surface area contributed by atoms with E-state index >= 15 is 0 Å². The van der Waals surface area contributed by atoms with Crippen LogP contribution in [-0.2, 0) is 4.79 Å². The average Bonchev–Trinajstić information content (AvgIpc) is 2.80. The first kappa shape index (κ1) is 23.8. The van der Waals surface area contributed by atoms with Crippen molar-refractivity contribution in [2.45, 2.75) is 6.92 Å². The number of nitrogens with zero attached hydrogens (tertiary/aromatic N) is 3. The normalized spacial score (nSPS) is 11.2. The Bertz CT molecular complexity index is 1470. The summed E-state index contributed by atoms with van der Waals surface area (Å²) in [7, 11) is 0. The van der Waals surface area contributed by atoms with Crippen molar-refractivity contribution in [2.75, 3.05) is 11.9 Å². The molecule has 34 heavy (non-hydrogen) atoms. The third kappa shape index (κ3) is 5.57. The van der Waals surface area contributed by atoms with Crippen LogP contribution in [0.2, 0.25) is 0 Å². The second kappa shape index (κ2) is 10.3. The standard InChI is InChI=1S/C24H17Br2FN4O3/c1-14-29-21-8-2-17(26)11-20(21)24(33)31(14)28-12-15-10-16(25)3-9-22(15)34-13-23(32)30-19-6-4-18(27)5-7-19/h2-12H,13H2,1H3,(H,30,32). The molecule has 7 nitrogen and oxygen atoms in total. The van der Waals surface area contributed by atoms with Crippen LogP contribution in [0.3, 0.4) is 0 Å². The summed E-state index contributed by atoms with van der Waals surface area (Å²) >= 11 is 6.78. The van der Waals surface area contributed by atoms with E-state index < -0.39 is 11.7 Å². The average molecular weight is 588 g/mol. The van der Waals surface area contributed by atoms with Crippen LogP contribution in [0, 0.1) is 12.7 Å². The predicted octanol–water partition coefficient (Wildman–Crippen LogP) is 5.27. The largest absolute Gasteiger partial charge is 0.483 e. The Hall–Kier alpha value is -3.37. The monoisotopic (exact) mass is 586 g/mol. The molecule has 0 unspecified atom stereocenters. The molecule has 0 atom stereocenters. The Balaban J connectivity index is 1.56. The fourth-order valence-corrected chi connectivity index (χ4v) is 3.88. The smallest absolute Gasteiger partial charge is 0.282 e. The summed E-state index contributed by atoms with van der Waals surface area (Å²) in [6.07, 6.45) is 1.47.